The normalized spacial score (nSPS) is 9.63. The molecule has 0 bridgehead atoms. The number of aryl methyl sites for hydroxylation is 2. The maximum absolute atomic E-state index is 12.6. The van der Waals surface area contributed by atoms with Crippen molar-refractivity contribution in [1.29, 1.82) is 0 Å². The third-order valence-electron chi connectivity index (χ3n) is 4.53. The second-order valence-corrected chi connectivity index (χ2v) is 8.98. The summed E-state index contributed by atoms with van der Waals surface area (Å²) in [5.41, 5.74) is 2.93. The molecule has 0 aliphatic heterocycles. The van der Waals surface area contributed by atoms with Crippen molar-refractivity contribution in [2.24, 2.45) is 0 Å². The molecule has 0 saturated carbocycles. The Hall–Kier alpha value is -3.29. The van der Waals surface area contributed by atoms with Gasteiger partial charge in [-0.05, 0) is 94.2 Å². The molecule has 4 nitrogen and oxygen atoms in total. The molecule has 0 radical (unpaired) electrons. The van der Waals surface area contributed by atoms with Crippen molar-refractivity contribution >= 4 is 44.4 Å². The number of rotatable bonds is 4. The molecule has 0 aliphatic carbocycles. The van der Waals surface area contributed by atoms with Gasteiger partial charge in [-0.3, -0.25) is 9.59 Å². The maximum Gasteiger partial charge on any atom is 0.154 e. The number of carbonyl (C=O) groups excluding carboxylic acids is 2. The highest BCUT2D eigenvalue weighted by Crippen LogP contribution is 2.29. The summed E-state index contributed by atoms with van der Waals surface area (Å²) in [5.74, 6) is 1.11. The van der Waals surface area contributed by atoms with Crippen molar-refractivity contribution < 1.29 is 23.8 Å². The van der Waals surface area contributed by atoms with Gasteiger partial charge >= 0.3 is 0 Å². The van der Waals surface area contributed by atoms with Crippen LogP contribution in [-0.4, -0.2) is 17.7 Å². The van der Waals surface area contributed by atoms with Crippen LogP contribution in [0.3, 0.4) is 0 Å². The molecule has 0 atom stereocenters. The van der Waals surface area contributed by atoms with Crippen molar-refractivity contribution in [3.05, 3.63) is 122 Å². The molecule has 0 spiro atoms. The summed E-state index contributed by atoms with van der Waals surface area (Å²) >= 11 is 6.36. The van der Waals surface area contributed by atoms with Gasteiger partial charge in [0.2, 0.25) is 0 Å². The molecule has 0 aromatic heterocycles. The van der Waals surface area contributed by atoms with Crippen LogP contribution in [0.1, 0.15) is 31.8 Å². The van der Waals surface area contributed by atoms with E-state index in [-0.39, 0.29) is 5.56 Å². The van der Waals surface area contributed by atoms with Gasteiger partial charge in [-0.15, -0.1) is 0 Å². The van der Waals surface area contributed by atoms with E-state index < -0.39 is 5.82 Å². The molecule has 0 aliphatic rings. The van der Waals surface area contributed by atoms with Crippen LogP contribution >= 0.6 is 31.9 Å². The third-order valence-corrected chi connectivity index (χ3v) is 5.91. The molecule has 4 aromatic rings. The highest BCUT2D eigenvalue weighted by atomic mass is 79.9. The summed E-state index contributed by atoms with van der Waals surface area (Å²) in [7, 11) is 0. The number of carbonyl (C=O) groups is 2. The first-order valence-corrected chi connectivity index (χ1v) is 12.0. The zero-order valence-electron chi connectivity index (χ0n) is 19.0. The van der Waals surface area contributed by atoms with Gasteiger partial charge in [0.05, 0.1) is 11.1 Å². The zero-order chi connectivity index (χ0) is 25.8. The van der Waals surface area contributed by atoms with Crippen LogP contribution in [-0.2, 0) is 0 Å². The maximum atomic E-state index is 12.6. The fraction of sp³-hybridized carbons (Fsp3) is 0.0714. The van der Waals surface area contributed by atoms with Crippen LogP contribution in [0.4, 0.5) is 4.39 Å². The van der Waals surface area contributed by atoms with Crippen LogP contribution in [0.15, 0.2) is 93.9 Å². The largest absolute Gasteiger partial charge is 0.508 e. The number of aldehydes is 2. The molecule has 0 heterocycles. The summed E-state index contributed by atoms with van der Waals surface area (Å²) in [6.07, 6.45) is 1.27. The van der Waals surface area contributed by atoms with Crippen LogP contribution in [0.25, 0.3) is 0 Å². The van der Waals surface area contributed by atoms with Crippen LogP contribution in [0.5, 0.6) is 17.2 Å². The first kappa shape index (κ1) is 28.0. The highest BCUT2D eigenvalue weighted by molar-refractivity contribution is 9.10. The van der Waals surface area contributed by atoms with Crippen LogP contribution in [0.2, 0.25) is 0 Å². The Kier molecular flexibility index (Phi) is 11.3. The van der Waals surface area contributed by atoms with Gasteiger partial charge in [0, 0.05) is 8.95 Å². The molecular formula is C28H23Br2FO4. The van der Waals surface area contributed by atoms with E-state index in [0.29, 0.717) is 27.8 Å². The van der Waals surface area contributed by atoms with Crippen LogP contribution < -0.4 is 4.74 Å². The average Bonchev–Trinajstić information content (AvgIpc) is 2.84. The number of hydrogen-bond donors (Lipinski definition) is 1. The summed E-state index contributed by atoms with van der Waals surface area (Å²) < 4.78 is 19.5. The number of aromatic hydroxyl groups is 1. The predicted molar refractivity (Wildman–Crippen MR) is 143 cm³/mol. The predicted octanol–water partition coefficient (Wildman–Crippen LogP) is 8.46. The van der Waals surface area contributed by atoms with E-state index in [1.807, 2.05) is 62.4 Å². The lowest BCUT2D eigenvalue weighted by Crippen LogP contribution is -1.91. The quantitative estimate of drug-likeness (QED) is 0.238. The number of halogens is 3. The lowest BCUT2D eigenvalue weighted by molar-refractivity contribution is 0.111. The Bertz CT molecular complexity index is 1220. The van der Waals surface area contributed by atoms with Crippen molar-refractivity contribution in [3.63, 3.8) is 0 Å². The summed E-state index contributed by atoms with van der Waals surface area (Å²) in [6, 6.07) is 24.6. The molecule has 0 unspecified atom stereocenters. The van der Waals surface area contributed by atoms with Crippen molar-refractivity contribution in [1.82, 2.24) is 0 Å². The minimum Gasteiger partial charge on any atom is -0.508 e. The van der Waals surface area contributed by atoms with Crippen molar-refractivity contribution in [2.45, 2.75) is 13.8 Å². The number of hydrogen-bond acceptors (Lipinski definition) is 4. The van der Waals surface area contributed by atoms with E-state index in [4.69, 9.17) is 9.84 Å². The second kappa shape index (κ2) is 14.2. The van der Waals surface area contributed by atoms with Gasteiger partial charge in [-0.25, -0.2) is 4.39 Å². The molecule has 4 aromatic carbocycles. The molecule has 0 saturated heterocycles. The topological polar surface area (TPSA) is 63.6 Å². The van der Waals surface area contributed by atoms with Gasteiger partial charge in [0.1, 0.15) is 23.1 Å². The Morgan fingerprint density at radius 2 is 1.20 bits per heavy atom. The van der Waals surface area contributed by atoms with Gasteiger partial charge in [0.25, 0.3) is 0 Å². The smallest absolute Gasteiger partial charge is 0.154 e. The Morgan fingerprint density at radius 1 is 0.714 bits per heavy atom. The summed E-state index contributed by atoms with van der Waals surface area (Å²) in [4.78, 5) is 21.2. The molecule has 0 fully saturated rings. The van der Waals surface area contributed by atoms with E-state index in [2.05, 4.69) is 31.9 Å². The first-order valence-electron chi connectivity index (χ1n) is 10.4. The molecule has 4 rings (SSSR count). The lowest BCUT2D eigenvalue weighted by atomic mass is 10.2. The second-order valence-electron chi connectivity index (χ2n) is 7.27. The number of benzene rings is 4. The van der Waals surface area contributed by atoms with Gasteiger partial charge < -0.3 is 9.84 Å². The summed E-state index contributed by atoms with van der Waals surface area (Å²) in [6.45, 7) is 4.00. The van der Waals surface area contributed by atoms with Crippen molar-refractivity contribution in [2.75, 3.05) is 0 Å². The fourth-order valence-corrected chi connectivity index (χ4v) is 3.50. The van der Waals surface area contributed by atoms with Crippen LogP contribution in [0, 0.1) is 19.7 Å². The number of phenols is 1. The third kappa shape index (κ3) is 9.11. The molecule has 1 N–H and O–H groups in total. The van der Waals surface area contributed by atoms with E-state index in [0.717, 1.165) is 16.5 Å². The molecule has 0 amide bonds. The fourth-order valence-electron chi connectivity index (χ4n) is 2.62. The number of phenolic OH excluding ortho intramolecular Hbond substituents is 1. The van der Waals surface area contributed by atoms with Gasteiger partial charge in [-0.2, -0.15) is 0 Å². The monoisotopic (exact) mass is 600 g/mol. The van der Waals surface area contributed by atoms with E-state index in [9.17, 15) is 14.0 Å². The van der Waals surface area contributed by atoms with Gasteiger partial charge in [0.15, 0.2) is 12.6 Å². The first-order chi connectivity index (χ1) is 16.7. The van der Waals surface area contributed by atoms with E-state index in [1.165, 1.54) is 23.3 Å². The summed E-state index contributed by atoms with van der Waals surface area (Å²) in [5, 5.41) is 8.76. The number of ether oxygens (including phenoxy) is 1. The Balaban J connectivity index is 0.000000204. The average molecular weight is 602 g/mol. The Labute approximate surface area is 220 Å². The SMILES string of the molecule is Cc1ccc(O)cc1.Cc1ccc(Oc2cccc(Br)c2C=O)cc1.O=Cc1c(F)cccc1Br. The minimum absolute atomic E-state index is 0.0718. The molecule has 7 heteroatoms. The standard InChI is InChI=1S/C14H11BrO2.C7H4BrFO.C7H8O/c1-10-5-7-11(8-6-10)17-14-4-2-3-13(15)12(14)9-16;8-6-2-1-3-7(9)5(6)4-10;1-6-2-4-7(8)5-3-6/h2-9H,1H3;1-4H;2-5,8H,1H3. The minimum atomic E-state index is -0.496. The highest BCUT2D eigenvalue weighted by Gasteiger charge is 2.07. The molecule has 180 valence electrons. The van der Waals surface area contributed by atoms with E-state index in [1.54, 1.807) is 24.3 Å². The van der Waals surface area contributed by atoms with E-state index >= 15 is 0 Å². The zero-order valence-corrected chi connectivity index (χ0v) is 22.2. The molecular weight excluding hydrogens is 579 g/mol. The molecule has 35 heavy (non-hydrogen) atoms. The Morgan fingerprint density at radius 3 is 1.66 bits per heavy atom. The van der Waals surface area contributed by atoms with Crippen molar-refractivity contribution in [3.8, 4) is 17.2 Å². The lowest BCUT2D eigenvalue weighted by Gasteiger charge is -2.09. The van der Waals surface area contributed by atoms with Gasteiger partial charge in [-0.1, -0.05) is 47.5 Å².